The number of ether oxygens (including phenoxy) is 1. The van der Waals surface area contributed by atoms with Gasteiger partial charge in [0.1, 0.15) is 5.75 Å². The highest BCUT2D eigenvalue weighted by molar-refractivity contribution is 6.05. The van der Waals surface area contributed by atoms with E-state index in [1.807, 2.05) is 0 Å². The minimum absolute atomic E-state index is 0.138. The van der Waals surface area contributed by atoms with Gasteiger partial charge in [-0.15, -0.1) is 0 Å². The molecule has 0 spiro atoms. The van der Waals surface area contributed by atoms with Crippen LogP contribution >= 0.6 is 0 Å². The first-order chi connectivity index (χ1) is 12.6. The van der Waals surface area contributed by atoms with Gasteiger partial charge in [-0.05, 0) is 12.1 Å². The van der Waals surface area contributed by atoms with Gasteiger partial charge in [-0.1, -0.05) is 12.1 Å². The van der Waals surface area contributed by atoms with E-state index in [-0.39, 0.29) is 11.4 Å². The highest BCUT2D eigenvalue weighted by atomic mass is 19.4. The first kappa shape index (κ1) is 19.6. The average molecular weight is 385 g/mol. The molecule has 0 saturated heterocycles. The minimum atomic E-state index is -4.60. The minimum Gasteiger partial charge on any atom is -0.482 e. The van der Waals surface area contributed by atoms with Gasteiger partial charge in [0.05, 0.1) is 27.2 Å². The second-order valence-electron chi connectivity index (χ2n) is 5.11. The zero-order valence-corrected chi connectivity index (χ0v) is 13.2. The van der Waals surface area contributed by atoms with E-state index in [1.165, 1.54) is 24.3 Å². The molecule has 0 bridgehead atoms. The number of para-hydroxylation sites is 2. The number of hydrogen-bond acceptors (Lipinski definition) is 6. The summed E-state index contributed by atoms with van der Waals surface area (Å²) < 4.78 is 41.5. The molecule has 0 heterocycles. The predicted molar refractivity (Wildman–Crippen MR) is 85.7 cm³/mol. The van der Waals surface area contributed by atoms with Crippen LogP contribution in [0.25, 0.3) is 0 Å². The van der Waals surface area contributed by atoms with Crippen molar-refractivity contribution in [1.82, 2.24) is 0 Å². The van der Waals surface area contributed by atoms with E-state index >= 15 is 0 Å². The van der Waals surface area contributed by atoms with Gasteiger partial charge in [0.2, 0.25) is 0 Å². The van der Waals surface area contributed by atoms with Crippen LogP contribution in [0.4, 0.5) is 30.2 Å². The highest BCUT2D eigenvalue weighted by Gasteiger charge is 2.29. The van der Waals surface area contributed by atoms with E-state index in [9.17, 15) is 38.2 Å². The maximum absolute atomic E-state index is 12.3. The van der Waals surface area contributed by atoms with Gasteiger partial charge in [0.15, 0.2) is 6.61 Å². The van der Waals surface area contributed by atoms with Gasteiger partial charge in [-0.3, -0.25) is 25.0 Å². The Morgan fingerprint density at radius 1 is 1.04 bits per heavy atom. The van der Waals surface area contributed by atoms with Crippen molar-refractivity contribution in [3.8, 4) is 5.75 Å². The van der Waals surface area contributed by atoms with Crippen LogP contribution in [-0.4, -0.2) is 28.5 Å². The van der Waals surface area contributed by atoms with Gasteiger partial charge < -0.3 is 10.1 Å². The summed E-state index contributed by atoms with van der Waals surface area (Å²) >= 11 is 0. The summed E-state index contributed by atoms with van der Waals surface area (Å²) in [6.45, 7) is -1.60. The molecule has 0 aromatic heterocycles. The van der Waals surface area contributed by atoms with Crippen LogP contribution in [0.1, 0.15) is 10.4 Å². The molecule has 0 radical (unpaired) electrons. The molecule has 2 aromatic rings. The molecule has 9 nitrogen and oxygen atoms in total. The number of anilines is 1. The zero-order chi connectivity index (χ0) is 20.2. The van der Waals surface area contributed by atoms with Crippen molar-refractivity contribution >= 4 is 23.0 Å². The molecule has 142 valence electrons. The molecule has 0 saturated carbocycles. The van der Waals surface area contributed by atoms with E-state index in [0.717, 1.165) is 12.1 Å². The van der Waals surface area contributed by atoms with Gasteiger partial charge in [-0.2, -0.15) is 13.2 Å². The van der Waals surface area contributed by atoms with E-state index < -0.39 is 45.5 Å². The van der Waals surface area contributed by atoms with Crippen molar-refractivity contribution in [2.45, 2.75) is 6.18 Å². The Kier molecular flexibility index (Phi) is 5.58. The lowest BCUT2D eigenvalue weighted by atomic mass is 10.1. The van der Waals surface area contributed by atoms with Crippen LogP contribution in [0.5, 0.6) is 5.75 Å². The molecule has 27 heavy (non-hydrogen) atoms. The second kappa shape index (κ2) is 7.68. The predicted octanol–water partition coefficient (Wildman–Crippen LogP) is 3.70. The second-order valence-corrected chi connectivity index (χ2v) is 5.11. The molecule has 0 aliphatic carbocycles. The molecular formula is C15H10F3N3O6. The van der Waals surface area contributed by atoms with E-state index in [2.05, 4.69) is 10.1 Å². The molecule has 0 aliphatic heterocycles. The number of rotatable bonds is 6. The maximum Gasteiger partial charge on any atom is 0.422 e. The third-order valence-electron chi connectivity index (χ3n) is 3.11. The first-order valence-electron chi connectivity index (χ1n) is 7.10. The fourth-order valence-corrected chi connectivity index (χ4v) is 1.99. The molecule has 0 atom stereocenters. The van der Waals surface area contributed by atoms with Gasteiger partial charge in [0, 0.05) is 12.1 Å². The van der Waals surface area contributed by atoms with Crippen molar-refractivity contribution in [2.24, 2.45) is 0 Å². The quantitative estimate of drug-likeness (QED) is 0.597. The number of non-ortho nitro benzene ring substituents is 2. The lowest BCUT2D eigenvalue weighted by Gasteiger charge is -2.13. The number of hydrogen-bond donors (Lipinski definition) is 1. The number of carbonyl (C=O) groups excluding carboxylic acids is 1. The molecule has 1 amide bonds. The van der Waals surface area contributed by atoms with Gasteiger partial charge in [0.25, 0.3) is 17.3 Å². The first-order valence-corrected chi connectivity index (χ1v) is 7.10. The van der Waals surface area contributed by atoms with Crippen molar-refractivity contribution in [1.29, 1.82) is 0 Å². The molecule has 2 rings (SSSR count). The Hall–Kier alpha value is -3.70. The standard InChI is InChI=1S/C15H10F3N3O6/c16-15(17,18)8-27-13-4-2-1-3-12(13)19-14(22)9-5-10(20(23)24)7-11(6-9)21(25)26/h1-7H,8H2,(H,19,22). The molecule has 0 fully saturated rings. The Bertz CT molecular complexity index is 868. The number of nitro benzene ring substituents is 2. The molecule has 1 N–H and O–H groups in total. The van der Waals surface area contributed by atoms with E-state index in [4.69, 9.17) is 0 Å². The number of nitrogens with zero attached hydrogens (tertiary/aromatic N) is 2. The SMILES string of the molecule is O=C(Nc1ccccc1OCC(F)(F)F)c1cc([N+](=O)[O-])cc([N+](=O)[O-])c1. The summed E-state index contributed by atoms with van der Waals surface area (Å²) in [6.07, 6.45) is -4.60. The number of benzene rings is 2. The number of alkyl halides is 3. The van der Waals surface area contributed by atoms with Crippen LogP contribution in [0, 0.1) is 20.2 Å². The summed E-state index contributed by atoms with van der Waals surface area (Å²) in [6, 6.07) is 7.50. The topological polar surface area (TPSA) is 125 Å². The van der Waals surface area contributed by atoms with Crippen LogP contribution in [0.3, 0.4) is 0 Å². The summed E-state index contributed by atoms with van der Waals surface area (Å²) in [5.74, 6) is -1.28. The molecule has 2 aromatic carbocycles. The summed E-state index contributed by atoms with van der Waals surface area (Å²) in [5.41, 5.74) is -1.92. The normalized spacial score (nSPS) is 10.9. The Morgan fingerprint density at radius 2 is 1.59 bits per heavy atom. The lowest BCUT2D eigenvalue weighted by molar-refractivity contribution is -0.394. The van der Waals surface area contributed by atoms with Crippen LogP contribution in [0.15, 0.2) is 42.5 Å². The summed E-state index contributed by atoms with van der Waals surface area (Å²) in [7, 11) is 0. The zero-order valence-electron chi connectivity index (χ0n) is 13.2. The summed E-state index contributed by atoms with van der Waals surface area (Å²) in [5, 5.41) is 24.0. The number of amides is 1. The number of halogens is 3. The van der Waals surface area contributed by atoms with Gasteiger partial charge >= 0.3 is 6.18 Å². The third kappa shape index (κ3) is 5.39. The highest BCUT2D eigenvalue weighted by Crippen LogP contribution is 2.28. The number of nitrogens with one attached hydrogen (secondary N) is 1. The molecule has 0 unspecified atom stereocenters. The van der Waals surface area contributed by atoms with E-state index in [0.29, 0.717) is 6.07 Å². The molecule has 0 aliphatic rings. The van der Waals surface area contributed by atoms with E-state index in [1.54, 1.807) is 0 Å². The Balaban J connectivity index is 2.30. The average Bonchev–Trinajstić information content (AvgIpc) is 2.59. The monoisotopic (exact) mass is 385 g/mol. The fraction of sp³-hybridized carbons (Fsp3) is 0.133. The fourth-order valence-electron chi connectivity index (χ4n) is 1.99. The van der Waals surface area contributed by atoms with Gasteiger partial charge in [-0.25, -0.2) is 0 Å². The number of nitro groups is 2. The van der Waals surface area contributed by atoms with Crippen molar-refractivity contribution in [2.75, 3.05) is 11.9 Å². The largest absolute Gasteiger partial charge is 0.482 e. The molecular weight excluding hydrogens is 375 g/mol. The maximum atomic E-state index is 12.3. The lowest BCUT2D eigenvalue weighted by Crippen LogP contribution is -2.20. The number of carbonyl (C=O) groups is 1. The Morgan fingerprint density at radius 3 is 2.11 bits per heavy atom. The van der Waals surface area contributed by atoms with Crippen molar-refractivity contribution < 1.29 is 32.5 Å². The Labute approximate surface area is 148 Å². The molecule has 12 heteroatoms. The summed E-state index contributed by atoms with van der Waals surface area (Å²) in [4.78, 5) is 32.2. The van der Waals surface area contributed by atoms with Crippen molar-refractivity contribution in [3.05, 3.63) is 68.3 Å². The smallest absolute Gasteiger partial charge is 0.422 e. The van der Waals surface area contributed by atoms with Crippen LogP contribution < -0.4 is 10.1 Å². The van der Waals surface area contributed by atoms with Crippen LogP contribution in [-0.2, 0) is 0 Å². The van der Waals surface area contributed by atoms with Crippen LogP contribution in [0.2, 0.25) is 0 Å². The third-order valence-corrected chi connectivity index (χ3v) is 3.11. The van der Waals surface area contributed by atoms with Crippen molar-refractivity contribution in [3.63, 3.8) is 0 Å².